The molecular weight excluding hydrogens is 821 g/mol. The number of anilines is 6. The standard InChI is InChI=1S/C66H56N2/c1-45-11-7-15-56(39-45)51-19-29-61(30-20-51)67(62-31-21-52(22-32-62)57-16-8-12-46(2)40-57)63-33-27-55(28-34-63)60-43-49(5)66(50(6)44-60)68(64-35-23-53(24-36-64)58-17-9-13-47(3)41-58)65-37-25-54(26-38-65)59-18-10-14-48(4)42-59/h7-44H,1-6H3. The van der Waals surface area contributed by atoms with Gasteiger partial charge in [-0.3, -0.25) is 0 Å². The van der Waals surface area contributed by atoms with Crippen LogP contribution in [0.5, 0.6) is 0 Å². The highest BCUT2D eigenvalue weighted by atomic mass is 15.1. The summed E-state index contributed by atoms with van der Waals surface area (Å²) in [6, 6.07) is 84.6. The highest BCUT2D eigenvalue weighted by molar-refractivity contribution is 5.86. The van der Waals surface area contributed by atoms with Gasteiger partial charge >= 0.3 is 0 Å². The van der Waals surface area contributed by atoms with Crippen molar-refractivity contribution in [3.63, 3.8) is 0 Å². The molecule has 0 amide bonds. The van der Waals surface area contributed by atoms with E-state index in [1.807, 2.05) is 0 Å². The largest absolute Gasteiger partial charge is 0.311 e. The molecule has 0 aliphatic heterocycles. The molecule has 0 aromatic heterocycles. The van der Waals surface area contributed by atoms with E-state index in [1.54, 1.807) is 0 Å². The van der Waals surface area contributed by atoms with E-state index in [2.05, 4.69) is 282 Å². The summed E-state index contributed by atoms with van der Waals surface area (Å²) >= 11 is 0. The van der Waals surface area contributed by atoms with E-state index in [9.17, 15) is 0 Å². The molecule has 0 saturated carbocycles. The van der Waals surface area contributed by atoms with Crippen molar-refractivity contribution in [2.45, 2.75) is 41.5 Å². The molecule has 0 bridgehead atoms. The average molecular weight is 877 g/mol. The first kappa shape index (κ1) is 43.7. The first-order chi connectivity index (χ1) is 33.1. The maximum absolute atomic E-state index is 2.42. The van der Waals surface area contributed by atoms with Gasteiger partial charge in [0.15, 0.2) is 0 Å². The molecule has 0 heterocycles. The van der Waals surface area contributed by atoms with E-state index < -0.39 is 0 Å². The summed E-state index contributed by atoms with van der Waals surface area (Å²) in [4.78, 5) is 4.78. The molecule has 0 spiro atoms. The fourth-order valence-electron chi connectivity index (χ4n) is 9.64. The lowest BCUT2D eigenvalue weighted by Gasteiger charge is -2.30. The van der Waals surface area contributed by atoms with Crippen LogP contribution in [0, 0.1) is 41.5 Å². The summed E-state index contributed by atoms with van der Waals surface area (Å²) in [5.41, 5.74) is 26.2. The second-order valence-electron chi connectivity index (χ2n) is 18.3. The first-order valence-corrected chi connectivity index (χ1v) is 23.6. The number of benzene rings is 10. The summed E-state index contributed by atoms with van der Waals surface area (Å²) in [6.07, 6.45) is 0. The Hall–Kier alpha value is -8.20. The lowest BCUT2D eigenvalue weighted by molar-refractivity contribution is 1.22. The molecule has 0 fully saturated rings. The van der Waals surface area contributed by atoms with Crippen molar-refractivity contribution in [2.24, 2.45) is 0 Å². The zero-order valence-corrected chi connectivity index (χ0v) is 39.8. The number of hydrogen-bond donors (Lipinski definition) is 0. The average Bonchev–Trinajstić information content (AvgIpc) is 3.36. The third kappa shape index (κ3) is 9.27. The maximum atomic E-state index is 2.42. The Morgan fingerprint density at radius 1 is 0.206 bits per heavy atom. The minimum Gasteiger partial charge on any atom is -0.311 e. The Labute approximate surface area is 403 Å². The molecule has 0 atom stereocenters. The molecule has 0 saturated heterocycles. The summed E-state index contributed by atoms with van der Waals surface area (Å²) < 4.78 is 0. The molecule has 0 N–H and O–H groups in total. The van der Waals surface area contributed by atoms with Crippen molar-refractivity contribution >= 4 is 34.1 Å². The van der Waals surface area contributed by atoms with Crippen LogP contribution < -0.4 is 9.80 Å². The minimum absolute atomic E-state index is 1.10. The Morgan fingerprint density at radius 2 is 0.441 bits per heavy atom. The van der Waals surface area contributed by atoms with Gasteiger partial charge in [-0.05, 0) is 181 Å². The quantitative estimate of drug-likeness (QED) is 0.128. The summed E-state index contributed by atoms with van der Waals surface area (Å²) in [5.74, 6) is 0. The molecule has 0 unspecified atom stereocenters. The van der Waals surface area contributed by atoms with Crippen LogP contribution in [0.3, 0.4) is 0 Å². The molecule has 0 aliphatic rings. The number of aryl methyl sites for hydroxylation is 6. The lowest BCUT2D eigenvalue weighted by atomic mass is 9.96. The third-order valence-corrected chi connectivity index (χ3v) is 13.1. The van der Waals surface area contributed by atoms with Crippen LogP contribution in [-0.2, 0) is 0 Å². The van der Waals surface area contributed by atoms with Crippen LogP contribution >= 0.6 is 0 Å². The van der Waals surface area contributed by atoms with E-state index in [1.165, 1.54) is 94.7 Å². The minimum atomic E-state index is 1.10. The van der Waals surface area contributed by atoms with Crippen molar-refractivity contribution in [1.29, 1.82) is 0 Å². The maximum Gasteiger partial charge on any atom is 0.0520 e. The number of rotatable bonds is 11. The predicted molar refractivity (Wildman–Crippen MR) is 291 cm³/mol. The van der Waals surface area contributed by atoms with Gasteiger partial charge in [0.25, 0.3) is 0 Å². The summed E-state index contributed by atoms with van der Waals surface area (Å²) in [7, 11) is 0. The normalized spacial score (nSPS) is 11.1. The smallest absolute Gasteiger partial charge is 0.0520 e. The van der Waals surface area contributed by atoms with E-state index in [-0.39, 0.29) is 0 Å². The van der Waals surface area contributed by atoms with Gasteiger partial charge in [0.2, 0.25) is 0 Å². The van der Waals surface area contributed by atoms with Gasteiger partial charge in [-0.2, -0.15) is 0 Å². The zero-order chi connectivity index (χ0) is 46.7. The van der Waals surface area contributed by atoms with Crippen LogP contribution in [0.1, 0.15) is 33.4 Å². The second kappa shape index (κ2) is 19.0. The molecular formula is C66H56N2. The molecule has 10 aromatic carbocycles. The summed E-state index contributed by atoms with van der Waals surface area (Å²) in [6.45, 7) is 13.1. The van der Waals surface area contributed by atoms with Gasteiger partial charge in [-0.15, -0.1) is 0 Å². The SMILES string of the molecule is Cc1cccc(-c2ccc(N(c3ccc(-c4cccc(C)c4)cc3)c3ccc(-c4cc(C)c(N(c5ccc(-c6cccc(C)c6)cc5)c5ccc(-c6cccc(C)c6)cc5)c(C)c4)cc3)cc2)c1. The van der Waals surface area contributed by atoms with Gasteiger partial charge in [0.05, 0.1) is 5.69 Å². The van der Waals surface area contributed by atoms with Gasteiger partial charge < -0.3 is 9.80 Å². The molecule has 0 radical (unpaired) electrons. The highest BCUT2D eigenvalue weighted by Gasteiger charge is 2.20. The van der Waals surface area contributed by atoms with Crippen molar-refractivity contribution in [3.8, 4) is 55.6 Å². The number of nitrogens with zero attached hydrogens (tertiary/aromatic N) is 2. The summed E-state index contributed by atoms with van der Waals surface area (Å²) in [5, 5.41) is 0. The third-order valence-electron chi connectivity index (χ3n) is 13.1. The van der Waals surface area contributed by atoms with E-state index in [4.69, 9.17) is 0 Å². The van der Waals surface area contributed by atoms with Crippen molar-refractivity contribution in [2.75, 3.05) is 9.80 Å². The monoisotopic (exact) mass is 876 g/mol. The zero-order valence-electron chi connectivity index (χ0n) is 39.8. The van der Waals surface area contributed by atoms with Crippen molar-refractivity contribution in [3.05, 3.63) is 264 Å². The van der Waals surface area contributed by atoms with Crippen LogP contribution in [0.2, 0.25) is 0 Å². The lowest BCUT2D eigenvalue weighted by Crippen LogP contribution is -2.13. The van der Waals surface area contributed by atoms with Crippen molar-refractivity contribution in [1.82, 2.24) is 0 Å². The molecule has 10 rings (SSSR count). The van der Waals surface area contributed by atoms with E-state index in [0.29, 0.717) is 0 Å². The molecule has 10 aromatic rings. The van der Waals surface area contributed by atoms with Crippen molar-refractivity contribution < 1.29 is 0 Å². The van der Waals surface area contributed by atoms with Crippen LogP contribution in [0.15, 0.2) is 231 Å². The molecule has 330 valence electrons. The van der Waals surface area contributed by atoms with Gasteiger partial charge in [-0.25, -0.2) is 0 Å². The molecule has 2 nitrogen and oxygen atoms in total. The first-order valence-electron chi connectivity index (χ1n) is 23.6. The molecule has 68 heavy (non-hydrogen) atoms. The molecule has 2 heteroatoms. The van der Waals surface area contributed by atoms with Gasteiger partial charge in [0, 0.05) is 28.4 Å². The van der Waals surface area contributed by atoms with E-state index >= 15 is 0 Å². The van der Waals surface area contributed by atoms with E-state index in [0.717, 1.165) is 28.4 Å². The van der Waals surface area contributed by atoms with Crippen LogP contribution in [0.25, 0.3) is 55.6 Å². The highest BCUT2D eigenvalue weighted by Crippen LogP contribution is 2.43. The topological polar surface area (TPSA) is 6.48 Å². The second-order valence-corrected chi connectivity index (χ2v) is 18.3. The van der Waals surface area contributed by atoms with Crippen LogP contribution in [-0.4, -0.2) is 0 Å². The Balaban J connectivity index is 0.999. The Kier molecular flexibility index (Phi) is 12.2. The van der Waals surface area contributed by atoms with Gasteiger partial charge in [0.1, 0.15) is 0 Å². The Morgan fingerprint density at radius 3 is 0.691 bits per heavy atom. The number of hydrogen-bond acceptors (Lipinski definition) is 2. The fourth-order valence-corrected chi connectivity index (χ4v) is 9.64. The fraction of sp³-hybridized carbons (Fsp3) is 0.0909. The Bertz CT molecular complexity index is 3160. The molecule has 0 aliphatic carbocycles. The predicted octanol–water partition coefficient (Wildman–Crippen LogP) is 18.8. The van der Waals surface area contributed by atoms with Gasteiger partial charge in [-0.1, -0.05) is 180 Å². The van der Waals surface area contributed by atoms with Crippen LogP contribution in [0.4, 0.5) is 34.1 Å².